The van der Waals surface area contributed by atoms with E-state index in [0.717, 1.165) is 66.0 Å². The molecule has 208 valence electrons. The molecule has 1 aliphatic carbocycles. The molecule has 1 amide bonds. The van der Waals surface area contributed by atoms with E-state index in [1.165, 1.54) is 12.1 Å². The van der Waals surface area contributed by atoms with Crippen LogP contribution in [0.1, 0.15) is 74.9 Å². The first-order valence-corrected chi connectivity index (χ1v) is 13.3. The number of ether oxygens (including phenoxy) is 2. The van der Waals surface area contributed by atoms with Crippen LogP contribution in [0.2, 0.25) is 5.02 Å². The number of alkyl halides is 3. The molecule has 3 aromatic rings. The second kappa shape index (κ2) is 10.4. The molecule has 1 saturated carbocycles. The molecule has 0 bridgehead atoms. The zero-order valence-corrected chi connectivity index (χ0v) is 22.7. The summed E-state index contributed by atoms with van der Waals surface area (Å²) in [6.07, 6.45) is -0.250. The van der Waals surface area contributed by atoms with Crippen molar-refractivity contribution in [3.05, 3.63) is 64.1 Å². The Bertz CT molecular complexity index is 1340. The fourth-order valence-electron chi connectivity index (χ4n) is 5.17. The Morgan fingerprint density at radius 3 is 2.41 bits per heavy atom. The highest BCUT2D eigenvalue weighted by atomic mass is 35.5. The minimum atomic E-state index is -4.37. The van der Waals surface area contributed by atoms with Gasteiger partial charge in [-0.15, -0.1) is 0 Å². The summed E-state index contributed by atoms with van der Waals surface area (Å²) >= 11 is 6.28. The molecule has 0 saturated heterocycles. The predicted molar refractivity (Wildman–Crippen MR) is 139 cm³/mol. The molecule has 3 heterocycles. The quantitative estimate of drug-likeness (QED) is 0.357. The van der Waals surface area contributed by atoms with Crippen LogP contribution in [0.25, 0.3) is 11.3 Å². The molecule has 0 spiro atoms. The first kappa shape index (κ1) is 27.3. The van der Waals surface area contributed by atoms with Gasteiger partial charge in [0.25, 0.3) is 0 Å². The van der Waals surface area contributed by atoms with Crippen LogP contribution in [0.4, 0.5) is 18.0 Å². The average molecular weight is 563 g/mol. The molecule has 11 heteroatoms. The van der Waals surface area contributed by atoms with Gasteiger partial charge in [-0.05, 0) is 82.3 Å². The van der Waals surface area contributed by atoms with Crippen LogP contribution in [0.5, 0.6) is 5.75 Å². The van der Waals surface area contributed by atoms with Crippen molar-refractivity contribution >= 4 is 17.7 Å². The lowest BCUT2D eigenvalue weighted by Gasteiger charge is -2.28. The number of carbonyl (C=O) groups excluding carboxylic acids is 1. The van der Waals surface area contributed by atoms with Gasteiger partial charge in [-0.3, -0.25) is 15.0 Å². The van der Waals surface area contributed by atoms with Gasteiger partial charge in [0.05, 0.1) is 46.9 Å². The molecule has 2 aliphatic rings. The molecule has 1 aliphatic heterocycles. The van der Waals surface area contributed by atoms with Crippen molar-refractivity contribution in [2.45, 2.75) is 83.3 Å². The fraction of sp³-hybridized carbons (Fsp3) is 0.464. The Morgan fingerprint density at radius 2 is 1.77 bits per heavy atom. The van der Waals surface area contributed by atoms with Crippen molar-refractivity contribution in [1.29, 1.82) is 0 Å². The van der Waals surface area contributed by atoms with E-state index >= 15 is 0 Å². The van der Waals surface area contributed by atoms with Gasteiger partial charge in [0.2, 0.25) is 0 Å². The SMILES string of the molecule is CC(C)(C)OC(=O)N1Cc2cc(Cl)cnc2-c2c(C3CCC(Oc4ccc(C(F)(F)F)cc4)CC3)n[nH]c2C1. The lowest BCUT2D eigenvalue weighted by atomic mass is 9.83. The average Bonchev–Trinajstić information content (AvgIpc) is 3.19. The second-order valence-corrected chi connectivity index (χ2v) is 11.5. The van der Waals surface area contributed by atoms with Crippen molar-refractivity contribution < 1.29 is 27.4 Å². The molecule has 2 aromatic heterocycles. The van der Waals surface area contributed by atoms with Gasteiger partial charge >= 0.3 is 12.3 Å². The fourth-order valence-corrected chi connectivity index (χ4v) is 5.35. The highest BCUT2D eigenvalue weighted by Crippen LogP contribution is 2.42. The van der Waals surface area contributed by atoms with Gasteiger partial charge in [-0.25, -0.2) is 4.79 Å². The lowest BCUT2D eigenvalue weighted by Crippen LogP contribution is -2.35. The maximum absolute atomic E-state index is 13.0. The van der Waals surface area contributed by atoms with Crippen LogP contribution >= 0.6 is 11.6 Å². The van der Waals surface area contributed by atoms with Crippen LogP contribution in [-0.4, -0.2) is 37.9 Å². The molecule has 0 unspecified atom stereocenters. The van der Waals surface area contributed by atoms with E-state index in [2.05, 4.69) is 15.2 Å². The molecule has 0 atom stereocenters. The van der Waals surface area contributed by atoms with Crippen LogP contribution in [0, 0.1) is 0 Å². The van der Waals surface area contributed by atoms with Gasteiger partial charge in [0, 0.05) is 17.7 Å². The minimum absolute atomic E-state index is 0.0950. The van der Waals surface area contributed by atoms with E-state index in [-0.39, 0.29) is 18.6 Å². The van der Waals surface area contributed by atoms with Gasteiger partial charge < -0.3 is 9.47 Å². The third-order valence-electron chi connectivity index (χ3n) is 6.95. The summed E-state index contributed by atoms with van der Waals surface area (Å²) in [7, 11) is 0. The van der Waals surface area contributed by atoms with Crippen molar-refractivity contribution in [2.75, 3.05) is 0 Å². The van der Waals surface area contributed by atoms with E-state index in [1.807, 2.05) is 26.8 Å². The van der Waals surface area contributed by atoms with Crippen LogP contribution in [-0.2, 0) is 24.0 Å². The van der Waals surface area contributed by atoms with Gasteiger partial charge in [0.1, 0.15) is 11.4 Å². The van der Waals surface area contributed by atoms with Crippen LogP contribution in [0.15, 0.2) is 36.5 Å². The highest BCUT2D eigenvalue weighted by Gasteiger charge is 2.34. The summed E-state index contributed by atoms with van der Waals surface area (Å²) < 4.78 is 50.2. The molecular weight excluding hydrogens is 533 g/mol. The number of H-pyrrole nitrogens is 1. The monoisotopic (exact) mass is 562 g/mol. The van der Waals surface area contributed by atoms with Crippen molar-refractivity contribution in [2.24, 2.45) is 0 Å². The smallest absolute Gasteiger partial charge is 0.416 e. The summed E-state index contributed by atoms with van der Waals surface area (Å²) in [6, 6.07) is 6.63. The number of rotatable bonds is 3. The number of benzene rings is 1. The second-order valence-electron chi connectivity index (χ2n) is 11.1. The first-order valence-electron chi connectivity index (χ1n) is 12.9. The number of aromatic nitrogens is 3. The lowest BCUT2D eigenvalue weighted by molar-refractivity contribution is -0.137. The maximum Gasteiger partial charge on any atom is 0.416 e. The summed E-state index contributed by atoms with van der Waals surface area (Å²) in [5, 5.41) is 8.29. The molecule has 1 fully saturated rings. The Labute approximate surface area is 229 Å². The van der Waals surface area contributed by atoms with E-state index in [4.69, 9.17) is 21.1 Å². The molecule has 5 rings (SSSR count). The van der Waals surface area contributed by atoms with Gasteiger partial charge in [0.15, 0.2) is 0 Å². The predicted octanol–water partition coefficient (Wildman–Crippen LogP) is 7.50. The van der Waals surface area contributed by atoms with E-state index in [9.17, 15) is 18.0 Å². The van der Waals surface area contributed by atoms with Crippen molar-refractivity contribution in [3.63, 3.8) is 0 Å². The first-order chi connectivity index (χ1) is 18.4. The van der Waals surface area contributed by atoms with Crippen molar-refractivity contribution in [3.8, 4) is 17.0 Å². The normalized spacial score (nSPS) is 19.6. The zero-order valence-electron chi connectivity index (χ0n) is 21.9. The third kappa shape index (κ3) is 6.16. The van der Waals surface area contributed by atoms with Crippen LogP contribution < -0.4 is 4.74 Å². The number of pyridine rings is 1. The standard InChI is InChI=1S/C28H30ClF3N4O3/c1-27(2,3)39-26(37)36-14-17-12-19(29)13-33-24(17)23-22(15-36)34-35-25(23)16-4-8-20(9-5-16)38-21-10-6-18(7-11-21)28(30,31)32/h6-7,10-13,16,20H,4-5,8-9,14-15H2,1-3H3,(H,34,35). The Balaban J connectivity index is 1.33. The number of hydrogen-bond donors (Lipinski definition) is 1. The summed E-state index contributed by atoms with van der Waals surface area (Å²) in [5.74, 6) is 0.563. The van der Waals surface area contributed by atoms with E-state index < -0.39 is 23.4 Å². The molecule has 1 aromatic carbocycles. The number of fused-ring (bicyclic) bond motifs is 3. The van der Waals surface area contributed by atoms with E-state index in [1.54, 1.807) is 11.1 Å². The van der Waals surface area contributed by atoms with Crippen molar-refractivity contribution in [1.82, 2.24) is 20.1 Å². The minimum Gasteiger partial charge on any atom is -0.490 e. The largest absolute Gasteiger partial charge is 0.490 e. The maximum atomic E-state index is 13.0. The number of carbonyl (C=O) groups is 1. The van der Waals surface area contributed by atoms with E-state index in [0.29, 0.717) is 17.3 Å². The third-order valence-corrected chi connectivity index (χ3v) is 7.15. The summed E-state index contributed by atoms with van der Waals surface area (Å²) in [6.45, 7) is 6.07. The highest BCUT2D eigenvalue weighted by molar-refractivity contribution is 6.30. The van der Waals surface area contributed by atoms with Crippen LogP contribution in [0.3, 0.4) is 0 Å². The molecule has 39 heavy (non-hydrogen) atoms. The molecular formula is C28H30ClF3N4O3. The zero-order chi connectivity index (χ0) is 27.9. The number of hydrogen-bond acceptors (Lipinski definition) is 5. The molecule has 7 nitrogen and oxygen atoms in total. The molecule has 0 radical (unpaired) electrons. The number of aromatic amines is 1. The summed E-state index contributed by atoms with van der Waals surface area (Å²) in [4.78, 5) is 19.2. The number of amides is 1. The van der Waals surface area contributed by atoms with Gasteiger partial charge in [-0.1, -0.05) is 11.6 Å². The van der Waals surface area contributed by atoms with Gasteiger partial charge in [-0.2, -0.15) is 18.3 Å². The number of nitrogens with zero attached hydrogens (tertiary/aromatic N) is 3. The number of nitrogens with one attached hydrogen (secondary N) is 1. The Kier molecular flexibility index (Phi) is 7.26. The summed E-state index contributed by atoms with van der Waals surface area (Å²) in [5.41, 5.74) is 2.79. The topological polar surface area (TPSA) is 80.3 Å². The Hall–Kier alpha value is -3.27. The molecule has 1 N–H and O–H groups in total. The number of halogens is 4. The Morgan fingerprint density at radius 1 is 1.08 bits per heavy atom.